The summed E-state index contributed by atoms with van der Waals surface area (Å²) in [4.78, 5) is 38.0. The number of anilines is 1. The molecule has 1 N–H and O–H groups in total. The molecule has 4 atom stereocenters. The van der Waals surface area contributed by atoms with E-state index in [1.54, 1.807) is 12.1 Å². The van der Waals surface area contributed by atoms with Gasteiger partial charge in [0.2, 0.25) is 11.8 Å². The Labute approximate surface area is 143 Å². The van der Waals surface area contributed by atoms with Crippen LogP contribution in [-0.2, 0) is 9.59 Å². The number of carbonyl (C=O) groups excluding carboxylic acids is 2. The Morgan fingerprint density at radius 1 is 1.05 bits per heavy atom. The molecule has 1 aromatic rings. The number of imide groups is 1. The van der Waals surface area contributed by atoms with Gasteiger partial charge in [0.25, 0.3) is 0 Å². The van der Waals surface area contributed by atoms with Crippen molar-refractivity contribution in [1.82, 2.24) is 0 Å². The number of halogens is 2. The number of carboxylic acid groups (broad SMARTS) is 1. The van der Waals surface area contributed by atoms with Gasteiger partial charge in [-0.25, -0.2) is 9.69 Å². The number of para-hydroxylation sites is 1. The summed E-state index contributed by atoms with van der Waals surface area (Å²) in [6, 6.07) is 6.12. The Hall–Kier alpha value is -1.21. The molecule has 2 aliphatic rings. The van der Waals surface area contributed by atoms with Crippen LogP contribution in [-0.4, -0.2) is 32.5 Å². The van der Waals surface area contributed by atoms with E-state index < -0.39 is 5.97 Å². The Balaban J connectivity index is 2.01. The van der Waals surface area contributed by atoms with E-state index in [-0.39, 0.29) is 44.6 Å². The summed E-state index contributed by atoms with van der Waals surface area (Å²) in [6.45, 7) is 0. The van der Waals surface area contributed by atoms with Crippen molar-refractivity contribution in [3.8, 4) is 0 Å². The topological polar surface area (TPSA) is 74.7 Å². The van der Waals surface area contributed by atoms with Crippen LogP contribution in [0.15, 0.2) is 24.3 Å². The number of benzene rings is 1. The molecular formula is C15H13Br2NO4. The molecule has 116 valence electrons. The van der Waals surface area contributed by atoms with Crippen LogP contribution in [0.3, 0.4) is 0 Å². The first-order valence-electron chi connectivity index (χ1n) is 6.90. The highest BCUT2D eigenvalue weighted by Crippen LogP contribution is 2.44. The summed E-state index contributed by atoms with van der Waals surface area (Å²) in [5.74, 6) is -2.51. The standard InChI is InChI=1S/C15H13Br2NO4/c16-10-5-8-9(6-11(10)17)14(20)18(13(8)19)12-4-2-1-3-7(12)15(21)22/h1-4,8-11H,5-6H2,(H,21,22)/t8-,9+,10-,11-/m1/s1. The SMILES string of the molecule is O=C(O)c1ccccc1N1C(=O)[C@H]2C[C@@H](Br)[C@H](Br)C[C@H]2C1=O. The van der Waals surface area contributed by atoms with Crippen molar-refractivity contribution in [3.63, 3.8) is 0 Å². The van der Waals surface area contributed by atoms with Gasteiger partial charge >= 0.3 is 5.97 Å². The average Bonchev–Trinajstić information content (AvgIpc) is 2.71. The van der Waals surface area contributed by atoms with Gasteiger partial charge in [-0.05, 0) is 25.0 Å². The number of nitrogens with zero attached hydrogens (tertiary/aromatic N) is 1. The number of fused-ring (bicyclic) bond motifs is 1. The fourth-order valence-electron chi connectivity index (χ4n) is 3.18. The van der Waals surface area contributed by atoms with Crippen molar-refractivity contribution >= 4 is 55.3 Å². The summed E-state index contributed by atoms with van der Waals surface area (Å²) in [7, 11) is 0. The molecule has 1 heterocycles. The molecule has 0 radical (unpaired) electrons. The zero-order chi connectivity index (χ0) is 16.0. The minimum absolute atomic E-state index is 0.0337. The Morgan fingerprint density at radius 2 is 1.55 bits per heavy atom. The number of hydrogen-bond donors (Lipinski definition) is 1. The van der Waals surface area contributed by atoms with Gasteiger partial charge in [0.05, 0.1) is 23.1 Å². The number of hydrogen-bond acceptors (Lipinski definition) is 3. The summed E-state index contributed by atoms with van der Waals surface area (Å²) in [5.41, 5.74) is 0.130. The van der Waals surface area contributed by atoms with Crippen LogP contribution in [0.4, 0.5) is 5.69 Å². The predicted octanol–water partition coefficient (Wildman–Crippen LogP) is 2.81. The van der Waals surface area contributed by atoms with Gasteiger partial charge in [0, 0.05) is 9.65 Å². The maximum Gasteiger partial charge on any atom is 0.337 e. The van der Waals surface area contributed by atoms with Gasteiger partial charge < -0.3 is 5.11 Å². The van der Waals surface area contributed by atoms with E-state index in [9.17, 15) is 19.5 Å². The lowest BCUT2D eigenvalue weighted by atomic mass is 9.81. The first-order valence-corrected chi connectivity index (χ1v) is 8.73. The normalized spacial score (nSPS) is 31.3. The van der Waals surface area contributed by atoms with Gasteiger partial charge in [-0.1, -0.05) is 44.0 Å². The number of aromatic carboxylic acids is 1. The molecule has 1 aliphatic carbocycles. The van der Waals surface area contributed by atoms with Crippen LogP contribution >= 0.6 is 31.9 Å². The molecule has 1 saturated heterocycles. The molecule has 2 amide bonds. The lowest BCUT2D eigenvalue weighted by molar-refractivity contribution is -0.122. The maximum atomic E-state index is 12.7. The molecule has 3 rings (SSSR count). The summed E-state index contributed by atoms with van der Waals surface area (Å²) in [6.07, 6.45) is 1.13. The van der Waals surface area contributed by atoms with Crippen LogP contribution in [0.2, 0.25) is 0 Å². The number of amides is 2. The fourth-order valence-corrected chi connectivity index (χ4v) is 4.42. The summed E-state index contributed by atoms with van der Waals surface area (Å²) >= 11 is 7.06. The van der Waals surface area contributed by atoms with E-state index in [1.807, 2.05) is 0 Å². The van der Waals surface area contributed by atoms with E-state index >= 15 is 0 Å². The molecule has 2 fully saturated rings. The van der Waals surface area contributed by atoms with Gasteiger partial charge in [0.1, 0.15) is 0 Å². The van der Waals surface area contributed by atoms with Crippen molar-refractivity contribution in [2.45, 2.75) is 22.5 Å². The first-order chi connectivity index (χ1) is 10.4. The highest BCUT2D eigenvalue weighted by atomic mass is 79.9. The molecule has 7 heteroatoms. The van der Waals surface area contributed by atoms with Gasteiger partial charge in [-0.3, -0.25) is 9.59 Å². The molecule has 1 aliphatic heterocycles. The van der Waals surface area contributed by atoms with Gasteiger partial charge in [0.15, 0.2) is 0 Å². The minimum Gasteiger partial charge on any atom is -0.478 e. The van der Waals surface area contributed by atoms with Crippen molar-refractivity contribution in [3.05, 3.63) is 29.8 Å². The highest BCUT2D eigenvalue weighted by molar-refractivity contribution is 9.12. The van der Waals surface area contributed by atoms with E-state index in [4.69, 9.17) is 0 Å². The van der Waals surface area contributed by atoms with Crippen LogP contribution in [0.25, 0.3) is 0 Å². The van der Waals surface area contributed by atoms with Gasteiger partial charge in [-0.15, -0.1) is 0 Å². The number of alkyl halides is 2. The van der Waals surface area contributed by atoms with E-state index in [1.165, 1.54) is 12.1 Å². The summed E-state index contributed by atoms with van der Waals surface area (Å²) in [5, 5.41) is 9.28. The van der Waals surface area contributed by atoms with Crippen LogP contribution < -0.4 is 4.90 Å². The maximum absolute atomic E-state index is 12.7. The fraction of sp³-hybridized carbons (Fsp3) is 0.400. The second-order valence-corrected chi connectivity index (χ2v) is 7.90. The highest BCUT2D eigenvalue weighted by Gasteiger charge is 2.52. The number of carboxylic acids is 1. The monoisotopic (exact) mass is 429 g/mol. The van der Waals surface area contributed by atoms with Crippen molar-refractivity contribution in [2.24, 2.45) is 11.8 Å². The minimum atomic E-state index is -1.15. The second-order valence-electron chi connectivity index (χ2n) is 5.55. The quantitative estimate of drug-likeness (QED) is 0.578. The van der Waals surface area contributed by atoms with Gasteiger partial charge in [-0.2, -0.15) is 0 Å². The van der Waals surface area contributed by atoms with E-state index in [0.29, 0.717) is 12.8 Å². The Morgan fingerprint density at radius 3 is 2.05 bits per heavy atom. The number of rotatable bonds is 2. The van der Waals surface area contributed by atoms with Crippen molar-refractivity contribution in [2.75, 3.05) is 4.90 Å². The van der Waals surface area contributed by atoms with Crippen LogP contribution in [0, 0.1) is 11.8 Å². The Kier molecular flexibility index (Phi) is 4.11. The molecular weight excluding hydrogens is 418 g/mol. The third kappa shape index (κ3) is 2.40. The zero-order valence-corrected chi connectivity index (χ0v) is 14.6. The molecule has 5 nitrogen and oxygen atoms in total. The molecule has 1 aromatic carbocycles. The van der Waals surface area contributed by atoms with Crippen molar-refractivity contribution < 1.29 is 19.5 Å². The molecule has 0 spiro atoms. The molecule has 0 bridgehead atoms. The Bertz CT molecular complexity index is 635. The molecule has 22 heavy (non-hydrogen) atoms. The predicted molar refractivity (Wildman–Crippen MR) is 87.5 cm³/mol. The lowest BCUT2D eigenvalue weighted by Crippen LogP contribution is -2.34. The number of carbonyl (C=O) groups is 3. The first kappa shape index (κ1) is 15.7. The van der Waals surface area contributed by atoms with Crippen molar-refractivity contribution in [1.29, 1.82) is 0 Å². The van der Waals surface area contributed by atoms with E-state index in [0.717, 1.165) is 4.90 Å². The largest absolute Gasteiger partial charge is 0.478 e. The van der Waals surface area contributed by atoms with Crippen LogP contribution in [0.5, 0.6) is 0 Å². The zero-order valence-electron chi connectivity index (χ0n) is 11.4. The molecule has 0 aromatic heterocycles. The third-order valence-electron chi connectivity index (χ3n) is 4.29. The molecule has 1 saturated carbocycles. The average molecular weight is 431 g/mol. The smallest absolute Gasteiger partial charge is 0.337 e. The van der Waals surface area contributed by atoms with Crippen LogP contribution in [0.1, 0.15) is 23.2 Å². The summed E-state index contributed by atoms with van der Waals surface area (Å²) < 4.78 is 0. The third-order valence-corrected chi connectivity index (χ3v) is 7.02. The molecule has 0 unspecified atom stereocenters. The lowest BCUT2D eigenvalue weighted by Gasteiger charge is -2.29. The van der Waals surface area contributed by atoms with E-state index in [2.05, 4.69) is 31.9 Å². The second kappa shape index (κ2) is 5.77.